The van der Waals surface area contributed by atoms with Gasteiger partial charge in [0.1, 0.15) is 17.3 Å². The smallest absolute Gasteiger partial charge is 0.416 e. The summed E-state index contributed by atoms with van der Waals surface area (Å²) < 4.78 is 75.5. The monoisotopic (exact) mass is 445 g/mol. The second kappa shape index (κ2) is 9.48. The van der Waals surface area contributed by atoms with Gasteiger partial charge in [0.15, 0.2) is 0 Å². The molecule has 0 atom stereocenters. The number of hydrogen-bond donors (Lipinski definition) is 0. The van der Waals surface area contributed by atoms with Crippen molar-refractivity contribution in [2.24, 2.45) is 0 Å². The van der Waals surface area contributed by atoms with Gasteiger partial charge in [-0.1, -0.05) is 26.0 Å². The molecule has 0 aliphatic heterocycles. The lowest BCUT2D eigenvalue weighted by molar-refractivity contribution is -0.137. The number of sulfonamides is 1. The highest BCUT2D eigenvalue weighted by Crippen LogP contribution is 2.30. The lowest BCUT2D eigenvalue weighted by Crippen LogP contribution is -2.31. The molecule has 164 valence electrons. The van der Waals surface area contributed by atoms with Crippen molar-refractivity contribution in [1.29, 1.82) is 0 Å². The Morgan fingerprint density at radius 1 is 1.07 bits per heavy atom. The average molecular weight is 445 g/mol. The van der Waals surface area contributed by atoms with E-state index in [1.54, 1.807) is 13.8 Å². The molecule has 2 aromatic rings. The van der Waals surface area contributed by atoms with E-state index in [4.69, 9.17) is 9.47 Å². The Morgan fingerprint density at radius 2 is 1.73 bits per heavy atom. The maximum Gasteiger partial charge on any atom is 0.416 e. The summed E-state index contributed by atoms with van der Waals surface area (Å²) in [6, 6.07) is 8.21. The first-order chi connectivity index (χ1) is 14.0. The Hall–Kier alpha value is -2.59. The van der Waals surface area contributed by atoms with E-state index >= 15 is 0 Å². The van der Waals surface area contributed by atoms with Crippen LogP contribution in [0, 0.1) is 0 Å². The van der Waals surface area contributed by atoms with Crippen LogP contribution in [0.3, 0.4) is 0 Å². The summed E-state index contributed by atoms with van der Waals surface area (Å²) in [6.07, 6.45) is -4.51. The Kier molecular flexibility index (Phi) is 7.49. The van der Waals surface area contributed by atoms with Crippen LogP contribution in [0.5, 0.6) is 5.75 Å². The van der Waals surface area contributed by atoms with Crippen LogP contribution in [-0.4, -0.2) is 38.9 Å². The fraction of sp³-hybridized carbons (Fsp3) is 0.350. The molecule has 6 nitrogen and oxygen atoms in total. The molecular weight excluding hydrogens is 423 g/mol. The van der Waals surface area contributed by atoms with Gasteiger partial charge in [0.2, 0.25) is 10.0 Å². The minimum atomic E-state index is -4.51. The van der Waals surface area contributed by atoms with Gasteiger partial charge in [-0.15, -0.1) is 0 Å². The molecule has 0 N–H and O–H groups in total. The van der Waals surface area contributed by atoms with Crippen molar-refractivity contribution < 1.29 is 35.9 Å². The minimum Gasteiger partial charge on any atom is -0.495 e. The van der Waals surface area contributed by atoms with Crippen molar-refractivity contribution in [3.63, 3.8) is 0 Å². The number of rotatable bonds is 8. The number of methoxy groups -OCH3 is 1. The fourth-order valence-corrected chi connectivity index (χ4v) is 4.42. The highest BCUT2D eigenvalue weighted by atomic mass is 32.2. The number of benzene rings is 2. The van der Waals surface area contributed by atoms with Crippen molar-refractivity contribution in [3.05, 3.63) is 59.2 Å². The molecule has 10 heteroatoms. The molecule has 0 spiro atoms. The minimum absolute atomic E-state index is 0.0616. The van der Waals surface area contributed by atoms with Crippen LogP contribution in [0.4, 0.5) is 13.2 Å². The van der Waals surface area contributed by atoms with Crippen LogP contribution in [0.15, 0.2) is 47.4 Å². The molecule has 2 rings (SSSR count). The second-order valence-corrected chi connectivity index (χ2v) is 8.14. The Labute approximate surface area is 173 Å². The normalized spacial score (nSPS) is 12.1. The molecule has 0 unspecified atom stereocenters. The first kappa shape index (κ1) is 23.7. The zero-order chi connectivity index (χ0) is 22.5. The van der Waals surface area contributed by atoms with E-state index in [-0.39, 0.29) is 34.9 Å². The SMILES string of the molecule is CCN(CC)S(=O)(=O)c1cc(C(=O)OCc2cccc(C(F)(F)F)c2)ccc1OC. The summed E-state index contributed by atoms with van der Waals surface area (Å²) in [5.74, 6) is -0.803. The van der Waals surface area contributed by atoms with E-state index in [0.717, 1.165) is 18.2 Å². The highest BCUT2D eigenvalue weighted by molar-refractivity contribution is 7.89. The number of carbonyl (C=O) groups is 1. The van der Waals surface area contributed by atoms with Gasteiger partial charge in [0.25, 0.3) is 0 Å². The number of hydrogen-bond acceptors (Lipinski definition) is 5. The van der Waals surface area contributed by atoms with Gasteiger partial charge in [-0.25, -0.2) is 13.2 Å². The zero-order valence-electron chi connectivity index (χ0n) is 16.7. The third kappa shape index (κ3) is 5.31. The molecule has 0 amide bonds. The maximum atomic E-state index is 12.8. The van der Waals surface area contributed by atoms with Crippen LogP contribution >= 0.6 is 0 Å². The number of ether oxygens (including phenoxy) is 2. The number of halogens is 3. The summed E-state index contributed by atoms with van der Waals surface area (Å²) in [5.41, 5.74) is -0.760. The largest absolute Gasteiger partial charge is 0.495 e. The number of carbonyl (C=O) groups excluding carboxylic acids is 1. The summed E-state index contributed by atoms with van der Waals surface area (Å²) >= 11 is 0. The van der Waals surface area contributed by atoms with Gasteiger partial charge < -0.3 is 9.47 Å². The van der Waals surface area contributed by atoms with Crippen LogP contribution < -0.4 is 4.74 Å². The molecule has 0 bridgehead atoms. The van der Waals surface area contributed by atoms with Crippen molar-refractivity contribution in [3.8, 4) is 5.75 Å². The average Bonchev–Trinajstić information content (AvgIpc) is 2.71. The molecule has 0 radical (unpaired) electrons. The van der Waals surface area contributed by atoms with Gasteiger partial charge in [-0.05, 0) is 35.9 Å². The molecule has 0 saturated carbocycles. The van der Waals surface area contributed by atoms with E-state index in [1.807, 2.05) is 0 Å². The molecule has 2 aromatic carbocycles. The molecule has 0 aliphatic carbocycles. The van der Waals surface area contributed by atoms with E-state index < -0.39 is 34.3 Å². The van der Waals surface area contributed by atoms with Gasteiger partial charge in [0, 0.05) is 13.1 Å². The van der Waals surface area contributed by atoms with Crippen LogP contribution in [0.2, 0.25) is 0 Å². The summed E-state index contributed by atoms with van der Waals surface area (Å²) in [6.45, 7) is 3.42. The number of esters is 1. The Morgan fingerprint density at radius 3 is 2.30 bits per heavy atom. The van der Waals surface area contributed by atoms with E-state index in [0.29, 0.717) is 0 Å². The molecule has 0 heterocycles. The molecular formula is C20H22F3NO5S. The quantitative estimate of drug-likeness (QED) is 0.572. The maximum absolute atomic E-state index is 12.8. The van der Waals surface area contributed by atoms with Crippen molar-refractivity contribution in [2.75, 3.05) is 20.2 Å². The first-order valence-electron chi connectivity index (χ1n) is 9.06. The number of nitrogens with zero attached hydrogens (tertiary/aromatic N) is 1. The molecule has 0 aromatic heterocycles. The van der Waals surface area contributed by atoms with Crippen LogP contribution in [0.1, 0.15) is 35.3 Å². The van der Waals surface area contributed by atoms with Gasteiger partial charge >= 0.3 is 12.1 Å². The van der Waals surface area contributed by atoms with Gasteiger partial charge in [0.05, 0.1) is 18.2 Å². The fourth-order valence-electron chi connectivity index (χ4n) is 2.78. The first-order valence-corrected chi connectivity index (χ1v) is 10.5. The standard InChI is InChI=1S/C20H22F3NO5S/c1-4-24(5-2)30(26,27)18-12-15(9-10-17(18)28-3)19(25)29-13-14-7-6-8-16(11-14)20(21,22)23/h6-12H,4-5,13H2,1-3H3. The molecule has 0 fully saturated rings. The van der Waals surface area contributed by atoms with E-state index in [2.05, 4.69) is 0 Å². The Bertz CT molecular complexity index is 1000. The van der Waals surface area contributed by atoms with Crippen molar-refractivity contribution in [2.45, 2.75) is 31.5 Å². The molecule has 30 heavy (non-hydrogen) atoms. The van der Waals surface area contributed by atoms with Crippen molar-refractivity contribution >= 4 is 16.0 Å². The lowest BCUT2D eigenvalue weighted by atomic mass is 10.1. The summed E-state index contributed by atoms with van der Waals surface area (Å²) in [7, 11) is -2.61. The van der Waals surface area contributed by atoms with Crippen LogP contribution in [0.25, 0.3) is 0 Å². The number of alkyl halides is 3. The predicted molar refractivity (Wildman–Crippen MR) is 104 cm³/mol. The third-order valence-corrected chi connectivity index (χ3v) is 6.42. The van der Waals surface area contributed by atoms with Crippen LogP contribution in [-0.2, 0) is 27.5 Å². The lowest BCUT2D eigenvalue weighted by Gasteiger charge is -2.20. The summed E-state index contributed by atoms with van der Waals surface area (Å²) in [4.78, 5) is 12.2. The van der Waals surface area contributed by atoms with E-state index in [1.165, 1.54) is 35.7 Å². The van der Waals surface area contributed by atoms with Gasteiger partial charge in [-0.2, -0.15) is 17.5 Å². The third-order valence-electron chi connectivity index (χ3n) is 4.35. The second-order valence-electron chi connectivity index (χ2n) is 6.23. The predicted octanol–water partition coefficient (Wildman–Crippen LogP) is 4.10. The van der Waals surface area contributed by atoms with Crippen molar-refractivity contribution in [1.82, 2.24) is 4.31 Å². The van der Waals surface area contributed by atoms with E-state index in [9.17, 15) is 26.4 Å². The summed E-state index contributed by atoms with van der Waals surface area (Å²) in [5, 5.41) is 0. The molecule has 0 aliphatic rings. The topological polar surface area (TPSA) is 72.9 Å². The highest BCUT2D eigenvalue weighted by Gasteiger charge is 2.30. The molecule has 0 saturated heterocycles. The Balaban J connectivity index is 2.27. The van der Waals surface area contributed by atoms with Gasteiger partial charge in [-0.3, -0.25) is 0 Å². The zero-order valence-corrected chi connectivity index (χ0v) is 17.5.